The Morgan fingerprint density at radius 1 is 1.47 bits per heavy atom. The predicted molar refractivity (Wildman–Crippen MR) is 70.8 cm³/mol. The van der Waals surface area contributed by atoms with Crippen LogP contribution in [0.4, 0.5) is 0 Å². The largest absolute Gasteiger partial charge is 0.316 e. The summed E-state index contributed by atoms with van der Waals surface area (Å²) >= 11 is 0. The summed E-state index contributed by atoms with van der Waals surface area (Å²) in [5.41, 5.74) is 1.64. The molecule has 1 fully saturated rings. The number of hydrogen-bond acceptors (Lipinski definition) is 3. The van der Waals surface area contributed by atoms with E-state index in [4.69, 9.17) is 0 Å². The summed E-state index contributed by atoms with van der Waals surface area (Å²) in [6.07, 6.45) is 4.43. The van der Waals surface area contributed by atoms with E-state index in [2.05, 4.69) is 41.3 Å². The lowest BCUT2D eigenvalue weighted by atomic mass is 9.84. The van der Waals surface area contributed by atoms with E-state index in [0.717, 1.165) is 25.3 Å². The average Bonchev–Trinajstić information content (AvgIpc) is 2.79. The Kier molecular flexibility index (Phi) is 4.13. The van der Waals surface area contributed by atoms with E-state index in [-0.39, 0.29) is 0 Å². The van der Waals surface area contributed by atoms with Crippen molar-refractivity contribution in [3.63, 3.8) is 0 Å². The van der Waals surface area contributed by atoms with Crippen molar-refractivity contribution in [1.29, 1.82) is 0 Å². The first-order valence-corrected chi connectivity index (χ1v) is 6.53. The van der Waals surface area contributed by atoms with Crippen LogP contribution >= 0.6 is 0 Å². The molecule has 3 heteroatoms. The van der Waals surface area contributed by atoms with Gasteiger partial charge in [-0.1, -0.05) is 13.0 Å². The molecular formula is C14H23N3. The highest BCUT2D eigenvalue weighted by Crippen LogP contribution is 2.30. The van der Waals surface area contributed by atoms with Crippen LogP contribution in [-0.2, 0) is 6.54 Å². The third kappa shape index (κ3) is 3.27. The summed E-state index contributed by atoms with van der Waals surface area (Å²) in [4.78, 5) is 6.79. The molecule has 94 valence electrons. The Labute approximate surface area is 104 Å². The normalized spacial score (nSPS) is 24.4. The van der Waals surface area contributed by atoms with Crippen LogP contribution in [-0.4, -0.2) is 36.6 Å². The molecule has 0 bridgehead atoms. The fourth-order valence-corrected chi connectivity index (χ4v) is 2.74. The van der Waals surface area contributed by atoms with Gasteiger partial charge in [-0.05, 0) is 44.0 Å². The molecule has 0 aromatic carbocycles. The highest BCUT2D eigenvalue weighted by Gasteiger charge is 2.32. The van der Waals surface area contributed by atoms with Gasteiger partial charge in [0.25, 0.3) is 0 Å². The molecule has 1 unspecified atom stereocenters. The summed E-state index contributed by atoms with van der Waals surface area (Å²) in [5.74, 6) is 0. The van der Waals surface area contributed by atoms with E-state index >= 15 is 0 Å². The fraction of sp³-hybridized carbons (Fsp3) is 0.643. The van der Waals surface area contributed by atoms with Gasteiger partial charge in [-0.15, -0.1) is 0 Å². The molecule has 0 amide bonds. The zero-order valence-electron chi connectivity index (χ0n) is 10.9. The molecule has 2 rings (SSSR count). The Morgan fingerprint density at radius 2 is 2.35 bits per heavy atom. The molecule has 3 nitrogen and oxygen atoms in total. The maximum absolute atomic E-state index is 4.38. The van der Waals surface area contributed by atoms with E-state index in [0.29, 0.717) is 5.41 Å². The topological polar surface area (TPSA) is 28.2 Å². The summed E-state index contributed by atoms with van der Waals surface area (Å²) < 4.78 is 0. The lowest BCUT2D eigenvalue weighted by Crippen LogP contribution is -2.36. The third-order valence-corrected chi connectivity index (χ3v) is 3.85. The Bertz CT molecular complexity index is 331. The SMILES string of the molecule is CCC1(CN(C)Cc2ccccn2)CCNC1. The van der Waals surface area contributed by atoms with Crippen molar-refractivity contribution < 1.29 is 0 Å². The fourth-order valence-electron chi connectivity index (χ4n) is 2.74. The van der Waals surface area contributed by atoms with Crippen molar-refractivity contribution in [3.05, 3.63) is 30.1 Å². The number of aromatic nitrogens is 1. The second-order valence-corrected chi connectivity index (χ2v) is 5.27. The first-order chi connectivity index (χ1) is 8.24. The summed E-state index contributed by atoms with van der Waals surface area (Å²) in [6, 6.07) is 6.13. The van der Waals surface area contributed by atoms with Gasteiger partial charge in [0.2, 0.25) is 0 Å². The van der Waals surface area contributed by atoms with Gasteiger partial charge in [-0.3, -0.25) is 9.88 Å². The molecule has 1 N–H and O–H groups in total. The van der Waals surface area contributed by atoms with Crippen LogP contribution in [0.3, 0.4) is 0 Å². The van der Waals surface area contributed by atoms with Crippen LogP contribution < -0.4 is 5.32 Å². The zero-order chi connectivity index (χ0) is 12.1. The number of nitrogens with one attached hydrogen (secondary N) is 1. The Morgan fingerprint density at radius 3 is 2.94 bits per heavy atom. The second-order valence-electron chi connectivity index (χ2n) is 5.27. The minimum atomic E-state index is 0.476. The molecule has 0 spiro atoms. The van der Waals surface area contributed by atoms with E-state index in [9.17, 15) is 0 Å². The molecule has 0 radical (unpaired) electrons. The minimum Gasteiger partial charge on any atom is -0.316 e. The van der Waals surface area contributed by atoms with Crippen molar-refractivity contribution >= 4 is 0 Å². The van der Waals surface area contributed by atoms with E-state index < -0.39 is 0 Å². The number of hydrogen-bond donors (Lipinski definition) is 1. The van der Waals surface area contributed by atoms with Gasteiger partial charge in [0.05, 0.1) is 5.69 Å². The van der Waals surface area contributed by atoms with Crippen LogP contribution in [0.1, 0.15) is 25.5 Å². The predicted octanol–water partition coefficient (Wildman–Crippen LogP) is 1.90. The number of nitrogens with zero attached hydrogens (tertiary/aromatic N) is 2. The van der Waals surface area contributed by atoms with E-state index in [1.807, 2.05) is 12.3 Å². The molecule has 1 atom stereocenters. The molecular weight excluding hydrogens is 210 g/mol. The zero-order valence-corrected chi connectivity index (χ0v) is 10.9. The lowest BCUT2D eigenvalue weighted by molar-refractivity contribution is 0.178. The first-order valence-electron chi connectivity index (χ1n) is 6.53. The van der Waals surface area contributed by atoms with Gasteiger partial charge in [-0.25, -0.2) is 0 Å². The quantitative estimate of drug-likeness (QED) is 0.842. The van der Waals surface area contributed by atoms with Crippen LogP contribution in [0.5, 0.6) is 0 Å². The minimum absolute atomic E-state index is 0.476. The molecule has 1 saturated heterocycles. The van der Waals surface area contributed by atoms with Gasteiger partial charge in [0.1, 0.15) is 0 Å². The molecule has 1 aliphatic heterocycles. The maximum Gasteiger partial charge on any atom is 0.0543 e. The van der Waals surface area contributed by atoms with Crippen molar-refractivity contribution in [1.82, 2.24) is 15.2 Å². The second kappa shape index (κ2) is 5.61. The molecule has 0 saturated carbocycles. The molecule has 1 aliphatic rings. The van der Waals surface area contributed by atoms with Crippen molar-refractivity contribution in [3.8, 4) is 0 Å². The maximum atomic E-state index is 4.38. The highest BCUT2D eigenvalue weighted by molar-refractivity contribution is 5.03. The Hall–Kier alpha value is -0.930. The first kappa shape index (κ1) is 12.5. The van der Waals surface area contributed by atoms with Gasteiger partial charge < -0.3 is 5.32 Å². The van der Waals surface area contributed by atoms with Crippen LogP contribution in [0.2, 0.25) is 0 Å². The highest BCUT2D eigenvalue weighted by atomic mass is 15.1. The molecule has 1 aromatic heterocycles. The van der Waals surface area contributed by atoms with E-state index in [1.165, 1.54) is 19.4 Å². The smallest absolute Gasteiger partial charge is 0.0543 e. The number of pyridine rings is 1. The average molecular weight is 233 g/mol. The van der Waals surface area contributed by atoms with Gasteiger partial charge in [0.15, 0.2) is 0 Å². The van der Waals surface area contributed by atoms with Gasteiger partial charge >= 0.3 is 0 Å². The number of rotatable bonds is 5. The van der Waals surface area contributed by atoms with Crippen LogP contribution in [0.15, 0.2) is 24.4 Å². The summed E-state index contributed by atoms with van der Waals surface area (Å²) in [6.45, 7) is 6.75. The summed E-state index contributed by atoms with van der Waals surface area (Å²) in [7, 11) is 2.20. The molecule has 2 heterocycles. The monoisotopic (exact) mass is 233 g/mol. The van der Waals surface area contributed by atoms with Crippen LogP contribution in [0.25, 0.3) is 0 Å². The van der Waals surface area contributed by atoms with E-state index in [1.54, 1.807) is 0 Å². The third-order valence-electron chi connectivity index (χ3n) is 3.85. The lowest BCUT2D eigenvalue weighted by Gasteiger charge is -2.31. The van der Waals surface area contributed by atoms with Gasteiger partial charge in [-0.2, -0.15) is 0 Å². The molecule has 1 aromatic rings. The van der Waals surface area contributed by atoms with Crippen molar-refractivity contribution in [2.45, 2.75) is 26.3 Å². The Balaban J connectivity index is 1.90. The molecule has 17 heavy (non-hydrogen) atoms. The molecule has 0 aliphatic carbocycles. The van der Waals surface area contributed by atoms with Gasteiger partial charge in [0, 0.05) is 25.8 Å². The van der Waals surface area contributed by atoms with Crippen LogP contribution in [0, 0.1) is 5.41 Å². The summed E-state index contributed by atoms with van der Waals surface area (Å²) in [5, 5.41) is 3.49. The standard InChI is InChI=1S/C14H23N3/c1-3-14(7-9-15-11-14)12-17(2)10-13-6-4-5-8-16-13/h4-6,8,15H,3,7,9-12H2,1-2H3. The van der Waals surface area contributed by atoms with Crippen molar-refractivity contribution in [2.75, 3.05) is 26.7 Å². The van der Waals surface area contributed by atoms with Crippen molar-refractivity contribution in [2.24, 2.45) is 5.41 Å².